The van der Waals surface area contributed by atoms with Crippen molar-refractivity contribution in [1.82, 2.24) is 0 Å². The zero-order valence-corrected chi connectivity index (χ0v) is 16.5. The van der Waals surface area contributed by atoms with Crippen LogP contribution >= 0.6 is 0 Å². The van der Waals surface area contributed by atoms with E-state index in [1.54, 1.807) is 13.2 Å². The summed E-state index contributed by atoms with van der Waals surface area (Å²) in [5.74, 6) is 0.761. The summed E-state index contributed by atoms with van der Waals surface area (Å²) in [6, 6.07) is 14.0. The molecule has 0 unspecified atom stereocenters. The minimum atomic E-state index is -4.39. The molecule has 1 aliphatic heterocycles. The topological polar surface area (TPSA) is 43.1 Å². The van der Waals surface area contributed by atoms with Crippen LogP contribution in [0.2, 0.25) is 0 Å². The zero-order valence-electron chi connectivity index (χ0n) is 16.5. The summed E-state index contributed by atoms with van der Waals surface area (Å²) in [6.45, 7) is 2.49. The van der Waals surface area contributed by atoms with Gasteiger partial charge in [0.05, 0.1) is 31.5 Å². The molecular weight excluding hydrogens is 395 g/mol. The Morgan fingerprint density at radius 2 is 1.67 bits per heavy atom. The molecule has 0 radical (unpaired) electrons. The van der Waals surface area contributed by atoms with E-state index < -0.39 is 11.7 Å². The first-order chi connectivity index (χ1) is 14.4. The lowest BCUT2D eigenvalue weighted by atomic mass is 9.90. The highest BCUT2D eigenvalue weighted by Crippen LogP contribution is 2.37. The molecule has 0 saturated carbocycles. The van der Waals surface area contributed by atoms with Gasteiger partial charge in [-0.25, -0.2) is 0 Å². The number of methoxy groups -OCH3 is 1. The second-order valence-corrected chi connectivity index (χ2v) is 7.41. The van der Waals surface area contributed by atoms with E-state index in [0.29, 0.717) is 43.2 Å². The van der Waals surface area contributed by atoms with Gasteiger partial charge in [-0.15, -0.1) is 0 Å². The third kappa shape index (κ3) is 3.95. The van der Waals surface area contributed by atoms with Gasteiger partial charge in [0, 0.05) is 5.56 Å². The highest BCUT2D eigenvalue weighted by Gasteiger charge is 2.34. The predicted molar refractivity (Wildman–Crippen MR) is 107 cm³/mol. The van der Waals surface area contributed by atoms with Crippen LogP contribution in [-0.4, -0.2) is 38.5 Å². The molecule has 1 saturated heterocycles. The van der Waals surface area contributed by atoms with Crippen LogP contribution in [0.1, 0.15) is 22.7 Å². The Morgan fingerprint density at radius 1 is 1.00 bits per heavy atom. The van der Waals surface area contributed by atoms with Gasteiger partial charge in [-0.3, -0.25) is 0 Å². The largest absolute Gasteiger partial charge is 0.507 e. The number of ether oxygens (including phenoxy) is 2. The average Bonchev–Trinajstić information content (AvgIpc) is 2.75. The van der Waals surface area contributed by atoms with Gasteiger partial charge < -0.3 is 19.5 Å². The summed E-state index contributed by atoms with van der Waals surface area (Å²) in [4.78, 5) is 1.13. The summed E-state index contributed by atoms with van der Waals surface area (Å²) in [7, 11) is 1.57. The molecule has 1 heterocycles. The lowest BCUT2D eigenvalue weighted by Crippen LogP contribution is -3.14. The van der Waals surface area contributed by atoms with Crippen molar-refractivity contribution in [3.05, 3.63) is 71.3 Å². The lowest BCUT2D eigenvalue weighted by molar-refractivity contribution is -0.933. The second kappa shape index (κ2) is 8.16. The van der Waals surface area contributed by atoms with Crippen LogP contribution in [0, 0.1) is 0 Å². The predicted octanol–water partition coefficient (Wildman–Crippen LogP) is 3.58. The first kappa shape index (κ1) is 20.5. The molecule has 3 aromatic rings. The molecule has 7 heteroatoms. The van der Waals surface area contributed by atoms with Crippen molar-refractivity contribution in [2.75, 3.05) is 33.4 Å². The van der Waals surface area contributed by atoms with E-state index in [0.717, 1.165) is 27.8 Å². The summed E-state index contributed by atoms with van der Waals surface area (Å²) in [6.07, 6.45) is -4.39. The number of benzene rings is 3. The molecule has 1 atom stereocenters. The maximum atomic E-state index is 13.1. The van der Waals surface area contributed by atoms with Crippen LogP contribution in [0.5, 0.6) is 11.5 Å². The number of morpholine rings is 1. The quantitative estimate of drug-likeness (QED) is 0.681. The number of hydrogen-bond donors (Lipinski definition) is 2. The first-order valence-corrected chi connectivity index (χ1v) is 9.77. The number of rotatable bonds is 4. The van der Waals surface area contributed by atoms with Crippen LogP contribution in [0.25, 0.3) is 10.8 Å². The minimum Gasteiger partial charge on any atom is -0.507 e. The van der Waals surface area contributed by atoms with Crippen LogP contribution in [0.15, 0.2) is 54.6 Å². The average molecular weight is 418 g/mol. The molecular formula is C23H23F3NO3+. The Labute approximate surface area is 172 Å². The number of quaternary nitrogens is 1. The maximum absolute atomic E-state index is 13.1. The molecule has 0 amide bonds. The Hall–Kier alpha value is -2.77. The summed E-state index contributed by atoms with van der Waals surface area (Å²) in [5, 5.41) is 12.6. The summed E-state index contributed by atoms with van der Waals surface area (Å²) >= 11 is 0. The smallest absolute Gasteiger partial charge is 0.416 e. The third-order valence-corrected chi connectivity index (χ3v) is 5.65. The number of nitrogens with one attached hydrogen (secondary N) is 1. The van der Waals surface area contributed by atoms with Crippen LogP contribution in [0.4, 0.5) is 13.2 Å². The van der Waals surface area contributed by atoms with Crippen molar-refractivity contribution < 1.29 is 32.7 Å². The molecule has 4 rings (SSSR count). The van der Waals surface area contributed by atoms with E-state index in [1.807, 2.05) is 24.3 Å². The third-order valence-electron chi connectivity index (χ3n) is 5.65. The minimum absolute atomic E-state index is 0.111. The van der Waals surface area contributed by atoms with E-state index in [1.165, 1.54) is 12.1 Å². The highest BCUT2D eigenvalue weighted by molar-refractivity contribution is 5.89. The number of phenols is 1. The van der Waals surface area contributed by atoms with Gasteiger partial charge in [-0.2, -0.15) is 13.2 Å². The van der Waals surface area contributed by atoms with E-state index in [2.05, 4.69) is 0 Å². The molecule has 1 aliphatic rings. The van der Waals surface area contributed by atoms with Crippen LogP contribution in [0.3, 0.4) is 0 Å². The molecule has 1 fully saturated rings. The molecule has 158 valence electrons. The fourth-order valence-electron chi connectivity index (χ4n) is 4.13. The highest BCUT2D eigenvalue weighted by atomic mass is 19.4. The van der Waals surface area contributed by atoms with Crippen molar-refractivity contribution in [2.24, 2.45) is 0 Å². The summed E-state index contributed by atoms with van der Waals surface area (Å²) in [5.41, 5.74) is 0.708. The van der Waals surface area contributed by atoms with Crippen molar-refractivity contribution >= 4 is 10.8 Å². The molecule has 30 heavy (non-hydrogen) atoms. The molecule has 0 aromatic heterocycles. The van der Waals surface area contributed by atoms with Crippen molar-refractivity contribution in [1.29, 1.82) is 0 Å². The normalized spacial score (nSPS) is 16.5. The number of fused-ring (bicyclic) bond motifs is 1. The van der Waals surface area contributed by atoms with Gasteiger partial charge in [0.15, 0.2) is 0 Å². The zero-order chi connectivity index (χ0) is 21.3. The monoisotopic (exact) mass is 418 g/mol. The van der Waals surface area contributed by atoms with Gasteiger partial charge in [-0.1, -0.05) is 24.3 Å². The van der Waals surface area contributed by atoms with Gasteiger partial charge in [-0.05, 0) is 41.1 Å². The van der Waals surface area contributed by atoms with Crippen molar-refractivity contribution in [3.63, 3.8) is 0 Å². The number of hydrogen-bond acceptors (Lipinski definition) is 3. The molecule has 0 aliphatic carbocycles. The van der Waals surface area contributed by atoms with Crippen LogP contribution in [-0.2, 0) is 10.9 Å². The Morgan fingerprint density at radius 3 is 2.30 bits per heavy atom. The van der Waals surface area contributed by atoms with Crippen LogP contribution < -0.4 is 9.64 Å². The molecule has 4 nitrogen and oxygen atoms in total. The molecule has 2 N–H and O–H groups in total. The second-order valence-electron chi connectivity index (χ2n) is 7.41. The van der Waals surface area contributed by atoms with E-state index in [-0.39, 0.29) is 11.8 Å². The van der Waals surface area contributed by atoms with Gasteiger partial charge in [0.1, 0.15) is 30.6 Å². The standard InChI is InChI=1S/C23H22F3NO3/c1-29-18-8-4-15-5-9-20(28)21(19(15)14-18)22(27-10-12-30-13-11-27)16-2-6-17(7-3-16)23(24,25)26/h2-9,14,22,28H,10-13H2,1H3/p+1/t22-/m0/s1. The fourth-order valence-corrected chi connectivity index (χ4v) is 4.13. The Bertz CT molecular complexity index is 1030. The van der Waals surface area contributed by atoms with E-state index in [4.69, 9.17) is 9.47 Å². The van der Waals surface area contributed by atoms with Gasteiger partial charge in [0.2, 0.25) is 0 Å². The number of aromatic hydroxyl groups is 1. The number of phenolic OH excluding ortho intramolecular Hbond substituents is 1. The van der Waals surface area contributed by atoms with Crippen molar-refractivity contribution in [3.8, 4) is 11.5 Å². The fraction of sp³-hybridized carbons (Fsp3) is 0.304. The number of alkyl halides is 3. The van der Waals surface area contributed by atoms with Gasteiger partial charge in [0.25, 0.3) is 0 Å². The van der Waals surface area contributed by atoms with E-state index >= 15 is 0 Å². The first-order valence-electron chi connectivity index (χ1n) is 9.77. The Kier molecular flexibility index (Phi) is 5.58. The molecule has 0 spiro atoms. The molecule has 3 aromatic carbocycles. The van der Waals surface area contributed by atoms with Crippen molar-refractivity contribution in [2.45, 2.75) is 12.2 Å². The number of halogens is 3. The SMILES string of the molecule is COc1ccc2ccc(O)c([C@H](c3ccc(C(F)(F)F)cc3)[NH+]3CCOCC3)c2c1. The summed E-state index contributed by atoms with van der Waals surface area (Å²) < 4.78 is 50.1. The lowest BCUT2D eigenvalue weighted by Gasteiger charge is -2.33. The maximum Gasteiger partial charge on any atom is 0.416 e. The van der Waals surface area contributed by atoms with E-state index in [9.17, 15) is 18.3 Å². The van der Waals surface area contributed by atoms with Gasteiger partial charge >= 0.3 is 6.18 Å². The molecule has 0 bridgehead atoms. The Balaban J connectivity index is 1.89.